The van der Waals surface area contributed by atoms with Crippen molar-refractivity contribution in [3.63, 3.8) is 0 Å². The number of alkyl halides is 3. The molecule has 0 aromatic carbocycles. The molecule has 3 heterocycles. The lowest BCUT2D eigenvalue weighted by molar-refractivity contribution is -0.274. The zero-order chi connectivity index (χ0) is 21.3. The molecule has 0 spiro atoms. The molecule has 2 aromatic rings. The van der Waals surface area contributed by atoms with E-state index in [-0.39, 0.29) is 5.82 Å². The zero-order valence-corrected chi connectivity index (χ0v) is 16.5. The standard InChI is InChI=1S/C20H24F3N5O2/c1-13(27-6-8-29-9-7-27)4-5-28-12-16(26-19(28)14-2-3-14)15-10-17(18(24)25-11-15)30-20(21,22)23/h10-12,14H,1-9H2,(H2,24,25). The summed E-state index contributed by atoms with van der Waals surface area (Å²) in [6, 6.07) is 1.23. The molecule has 162 valence electrons. The summed E-state index contributed by atoms with van der Waals surface area (Å²) >= 11 is 0. The lowest BCUT2D eigenvalue weighted by Crippen LogP contribution is -2.35. The average Bonchev–Trinajstić information content (AvgIpc) is 3.47. The topological polar surface area (TPSA) is 78.4 Å². The summed E-state index contributed by atoms with van der Waals surface area (Å²) in [6.07, 6.45) is 1.30. The Labute approximate surface area is 172 Å². The predicted octanol–water partition coefficient (Wildman–Crippen LogP) is 3.54. The van der Waals surface area contributed by atoms with Gasteiger partial charge in [0.25, 0.3) is 0 Å². The summed E-state index contributed by atoms with van der Waals surface area (Å²) in [5.74, 6) is 0.473. The van der Waals surface area contributed by atoms with Gasteiger partial charge < -0.3 is 24.7 Å². The molecule has 0 amide bonds. The van der Waals surface area contributed by atoms with Crippen LogP contribution < -0.4 is 10.5 Å². The second-order valence-electron chi connectivity index (χ2n) is 7.52. The number of imidazole rings is 1. The number of aryl methyl sites for hydroxylation is 1. The average molecular weight is 423 g/mol. The van der Waals surface area contributed by atoms with Gasteiger partial charge in [0.05, 0.1) is 18.9 Å². The van der Waals surface area contributed by atoms with Gasteiger partial charge in [-0.3, -0.25) is 0 Å². The zero-order valence-electron chi connectivity index (χ0n) is 16.5. The normalized spacial score (nSPS) is 17.2. The largest absolute Gasteiger partial charge is 0.573 e. The number of aromatic nitrogens is 3. The summed E-state index contributed by atoms with van der Waals surface area (Å²) in [7, 11) is 0. The maximum Gasteiger partial charge on any atom is 0.573 e. The third kappa shape index (κ3) is 4.86. The van der Waals surface area contributed by atoms with Crippen LogP contribution in [0.3, 0.4) is 0 Å². The van der Waals surface area contributed by atoms with Gasteiger partial charge in [-0.05, 0) is 18.9 Å². The number of anilines is 1. The molecule has 2 aromatic heterocycles. The Morgan fingerprint density at radius 3 is 2.70 bits per heavy atom. The molecule has 10 heteroatoms. The minimum absolute atomic E-state index is 0.320. The van der Waals surface area contributed by atoms with E-state index >= 15 is 0 Å². The van der Waals surface area contributed by atoms with Crippen molar-refractivity contribution in [2.75, 3.05) is 32.0 Å². The van der Waals surface area contributed by atoms with Gasteiger partial charge in [0, 0.05) is 55.6 Å². The lowest BCUT2D eigenvalue weighted by Gasteiger charge is -2.30. The third-order valence-electron chi connectivity index (χ3n) is 5.25. The van der Waals surface area contributed by atoms with E-state index in [0.717, 1.165) is 43.9 Å². The predicted molar refractivity (Wildman–Crippen MR) is 105 cm³/mol. The van der Waals surface area contributed by atoms with Crippen LogP contribution in [0.4, 0.5) is 19.0 Å². The highest BCUT2D eigenvalue weighted by Crippen LogP contribution is 2.41. The summed E-state index contributed by atoms with van der Waals surface area (Å²) in [4.78, 5) is 10.8. The fourth-order valence-electron chi connectivity index (χ4n) is 3.50. The van der Waals surface area contributed by atoms with Gasteiger partial charge >= 0.3 is 6.36 Å². The van der Waals surface area contributed by atoms with Gasteiger partial charge in [-0.25, -0.2) is 9.97 Å². The van der Waals surface area contributed by atoms with Crippen LogP contribution in [0.15, 0.2) is 30.7 Å². The number of nitrogens with zero attached hydrogens (tertiary/aromatic N) is 4. The van der Waals surface area contributed by atoms with Crippen molar-refractivity contribution < 1.29 is 22.6 Å². The maximum absolute atomic E-state index is 12.6. The van der Waals surface area contributed by atoms with Gasteiger partial charge in [-0.2, -0.15) is 0 Å². The Balaban J connectivity index is 1.53. The molecular formula is C20H24F3N5O2. The number of morpholine rings is 1. The van der Waals surface area contributed by atoms with Crippen LogP contribution in [-0.4, -0.2) is 52.1 Å². The van der Waals surface area contributed by atoms with Gasteiger partial charge in [-0.15, -0.1) is 13.2 Å². The van der Waals surface area contributed by atoms with E-state index in [1.54, 1.807) is 0 Å². The molecule has 0 unspecified atom stereocenters. The second kappa shape index (κ2) is 8.17. The smallest absolute Gasteiger partial charge is 0.402 e. The number of hydrogen-bond acceptors (Lipinski definition) is 6. The van der Waals surface area contributed by atoms with Crippen LogP contribution in [0.2, 0.25) is 0 Å². The monoisotopic (exact) mass is 423 g/mol. The van der Waals surface area contributed by atoms with Crippen molar-refractivity contribution in [2.45, 2.75) is 38.1 Å². The molecule has 2 fully saturated rings. The molecule has 1 saturated carbocycles. The van der Waals surface area contributed by atoms with Crippen molar-refractivity contribution in [3.8, 4) is 17.0 Å². The highest BCUT2D eigenvalue weighted by Gasteiger charge is 2.33. The quantitative estimate of drug-likeness (QED) is 0.734. The first-order chi connectivity index (χ1) is 14.3. The Morgan fingerprint density at radius 1 is 1.30 bits per heavy atom. The SMILES string of the molecule is C=C(CCn1cc(-c2cnc(N)c(OC(F)(F)F)c2)nc1C1CC1)N1CCOCC1. The summed E-state index contributed by atoms with van der Waals surface area (Å²) in [5, 5.41) is 0. The van der Waals surface area contributed by atoms with Crippen molar-refractivity contribution in [1.29, 1.82) is 0 Å². The first-order valence-corrected chi connectivity index (χ1v) is 9.89. The molecule has 1 aliphatic heterocycles. The second-order valence-corrected chi connectivity index (χ2v) is 7.52. The highest BCUT2D eigenvalue weighted by molar-refractivity contribution is 5.64. The van der Waals surface area contributed by atoms with Crippen LogP contribution in [0.5, 0.6) is 5.75 Å². The fourth-order valence-corrected chi connectivity index (χ4v) is 3.50. The number of allylic oxidation sites excluding steroid dienone is 1. The molecule has 0 radical (unpaired) electrons. The number of halogens is 3. The van der Waals surface area contributed by atoms with E-state index in [0.29, 0.717) is 36.9 Å². The van der Waals surface area contributed by atoms with Crippen LogP contribution in [0.25, 0.3) is 11.3 Å². The van der Waals surface area contributed by atoms with E-state index in [1.807, 2.05) is 6.20 Å². The van der Waals surface area contributed by atoms with E-state index in [1.165, 1.54) is 12.3 Å². The van der Waals surface area contributed by atoms with Crippen molar-refractivity contribution >= 4 is 5.82 Å². The van der Waals surface area contributed by atoms with Gasteiger partial charge in [0.2, 0.25) is 0 Å². The third-order valence-corrected chi connectivity index (χ3v) is 5.25. The molecule has 7 nitrogen and oxygen atoms in total. The molecule has 4 rings (SSSR count). The van der Waals surface area contributed by atoms with Crippen LogP contribution in [0.1, 0.15) is 31.0 Å². The Morgan fingerprint density at radius 2 is 2.03 bits per heavy atom. The van der Waals surface area contributed by atoms with Crippen LogP contribution in [0, 0.1) is 0 Å². The van der Waals surface area contributed by atoms with E-state index in [9.17, 15) is 13.2 Å². The van der Waals surface area contributed by atoms with Crippen molar-refractivity contribution in [1.82, 2.24) is 19.4 Å². The summed E-state index contributed by atoms with van der Waals surface area (Å²) < 4.78 is 49.3. The number of nitrogen functional groups attached to an aromatic ring is 1. The Bertz CT molecular complexity index is 918. The number of ether oxygens (including phenoxy) is 2. The molecular weight excluding hydrogens is 399 g/mol. The lowest BCUT2D eigenvalue weighted by atomic mass is 10.2. The highest BCUT2D eigenvalue weighted by atomic mass is 19.4. The molecule has 1 saturated heterocycles. The van der Waals surface area contributed by atoms with Gasteiger partial charge in [-0.1, -0.05) is 6.58 Å². The number of rotatable bonds is 7. The van der Waals surface area contributed by atoms with Crippen molar-refractivity contribution in [2.24, 2.45) is 0 Å². The fraction of sp³-hybridized carbons (Fsp3) is 0.500. The molecule has 2 aliphatic rings. The Kier molecular flexibility index (Phi) is 5.59. The number of hydrogen-bond donors (Lipinski definition) is 1. The first-order valence-electron chi connectivity index (χ1n) is 9.89. The number of nitrogens with two attached hydrogens (primary N) is 1. The number of pyridine rings is 1. The summed E-state index contributed by atoms with van der Waals surface area (Å²) in [6.45, 7) is 7.97. The first kappa shape index (κ1) is 20.5. The van der Waals surface area contributed by atoms with E-state index < -0.39 is 12.1 Å². The summed E-state index contributed by atoms with van der Waals surface area (Å²) in [5.41, 5.74) is 7.56. The van der Waals surface area contributed by atoms with Crippen LogP contribution >= 0.6 is 0 Å². The molecule has 30 heavy (non-hydrogen) atoms. The van der Waals surface area contributed by atoms with Crippen molar-refractivity contribution in [3.05, 3.63) is 36.6 Å². The molecule has 0 bridgehead atoms. The minimum Gasteiger partial charge on any atom is -0.402 e. The van der Waals surface area contributed by atoms with E-state index in [2.05, 4.69) is 30.8 Å². The molecule has 0 atom stereocenters. The van der Waals surface area contributed by atoms with Gasteiger partial charge in [0.15, 0.2) is 11.6 Å². The van der Waals surface area contributed by atoms with Crippen LogP contribution in [-0.2, 0) is 11.3 Å². The Hall–Kier alpha value is -2.75. The van der Waals surface area contributed by atoms with E-state index in [4.69, 9.17) is 10.5 Å². The maximum atomic E-state index is 12.6. The molecule has 2 N–H and O–H groups in total. The minimum atomic E-state index is -4.84. The van der Waals surface area contributed by atoms with Gasteiger partial charge in [0.1, 0.15) is 5.82 Å². The molecule has 1 aliphatic carbocycles.